The molecular weight excluding hydrogens is 531 g/mol. The second-order valence-electron chi connectivity index (χ2n) is 9.38. The Kier molecular flexibility index (Phi) is 7.38. The number of aromatic nitrogens is 3. The minimum Gasteiger partial charge on any atom is -0.385 e. The van der Waals surface area contributed by atoms with E-state index in [1.807, 2.05) is 6.07 Å². The van der Waals surface area contributed by atoms with Gasteiger partial charge in [-0.15, -0.1) is 0 Å². The van der Waals surface area contributed by atoms with Gasteiger partial charge in [-0.1, -0.05) is 24.2 Å². The lowest BCUT2D eigenvalue weighted by Gasteiger charge is -2.14. The molecule has 0 N–H and O–H groups in total. The van der Waals surface area contributed by atoms with Gasteiger partial charge in [0, 0.05) is 48.0 Å². The van der Waals surface area contributed by atoms with Crippen molar-refractivity contribution >= 4 is 11.5 Å². The van der Waals surface area contributed by atoms with E-state index in [0.29, 0.717) is 35.0 Å². The van der Waals surface area contributed by atoms with Crippen LogP contribution in [0.3, 0.4) is 0 Å². The van der Waals surface area contributed by atoms with Crippen LogP contribution < -0.4 is 0 Å². The maximum absolute atomic E-state index is 14.7. The van der Waals surface area contributed by atoms with Crippen LogP contribution in [0.5, 0.6) is 0 Å². The van der Waals surface area contributed by atoms with Crippen molar-refractivity contribution in [1.82, 2.24) is 15.0 Å². The van der Waals surface area contributed by atoms with Crippen LogP contribution in [0, 0.1) is 11.6 Å². The summed E-state index contributed by atoms with van der Waals surface area (Å²) in [4.78, 5) is 30.6. The summed E-state index contributed by atoms with van der Waals surface area (Å²) < 4.78 is 66.8. The highest BCUT2D eigenvalue weighted by Gasteiger charge is 2.32. The summed E-state index contributed by atoms with van der Waals surface area (Å²) in [6, 6.07) is 12.9. The molecule has 1 aliphatic rings. The van der Waals surface area contributed by atoms with Crippen molar-refractivity contribution in [2.75, 3.05) is 0 Å². The third-order valence-corrected chi connectivity index (χ3v) is 6.49. The monoisotopic (exact) mass is 552 g/mol. The first-order valence-corrected chi connectivity index (χ1v) is 12.3. The molecule has 4 heterocycles. The van der Waals surface area contributed by atoms with E-state index < -0.39 is 35.5 Å². The summed E-state index contributed by atoms with van der Waals surface area (Å²) in [6.07, 6.45) is -1.14. The number of Topliss-reactive ketones (excluding diaryl/α,β-unsaturated/α-hetero) is 1. The molecule has 204 valence electrons. The number of alkyl halides is 3. The number of nitrogens with zero attached hydrogens (tertiary/aromatic N) is 4. The Morgan fingerprint density at radius 1 is 1.00 bits per heavy atom. The predicted molar refractivity (Wildman–Crippen MR) is 135 cm³/mol. The van der Waals surface area contributed by atoms with Gasteiger partial charge in [0.05, 0.1) is 17.6 Å². The van der Waals surface area contributed by atoms with Crippen LogP contribution in [0.15, 0.2) is 78.3 Å². The predicted octanol–water partition coefficient (Wildman–Crippen LogP) is 7.08. The Hall–Kier alpha value is -4.54. The summed E-state index contributed by atoms with van der Waals surface area (Å²) in [6.45, 7) is 1.69. The third kappa shape index (κ3) is 5.88. The normalized spacial score (nSPS) is 15.8. The molecule has 0 fully saturated rings. The molecule has 40 heavy (non-hydrogen) atoms. The fourth-order valence-corrected chi connectivity index (χ4v) is 4.37. The van der Waals surface area contributed by atoms with Crippen LogP contribution >= 0.6 is 0 Å². The summed E-state index contributed by atoms with van der Waals surface area (Å²) >= 11 is 0. The van der Waals surface area contributed by atoms with Crippen LogP contribution in [-0.4, -0.2) is 26.4 Å². The zero-order chi connectivity index (χ0) is 28.4. The lowest BCUT2D eigenvalue weighted by atomic mass is 9.91. The van der Waals surface area contributed by atoms with E-state index in [0.717, 1.165) is 18.5 Å². The van der Waals surface area contributed by atoms with Gasteiger partial charge in [0.1, 0.15) is 17.2 Å². The molecule has 0 amide bonds. The van der Waals surface area contributed by atoms with Gasteiger partial charge < -0.3 is 4.84 Å². The number of halogens is 5. The maximum Gasteiger partial charge on any atom is 0.433 e. The number of pyridine rings is 3. The average Bonchev–Trinajstić information content (AvgIpc) is 3.43. The molecule has 5 rings (SSSR count). The van der Waals surface area contributed by atoms with Crippen LogP contribution in [0.2, 0.25) is 0 Å². The number of benzene rings is 1. The summed E-state index contributed by atoms with van der Waals surface area (Å²) in [5.41, 5.74) is 1.35. The first-order valence-electron chi connectivity index (χ1n) is 12.3. The van der Waals surface area contributed by atoms with Crippen LogP contribution in [0.4, 0.5) is 22.0 Å². The number of oxime groups is 1. The Balaban J connectivity index is 1.45. The Morgan fingerprint density at radius 2 is 1.80 bits per heavy atom. The van der Waals surface area contributed by atoms with Crippen LogP contribution in [0.1, 0.15) is 64.7 Å². The summed E-state index contributed by atoms with van der Waals surface area (Å²) in [7, 11) is 0. The molecule has 0 radical (unpaired) electrons. The molecule has 2 atom stereocenters. The van der Waals surface area contributed by atoms with Crippen LogP contribution in [0.25, 0.3) is 11.3 Å². The number of carbonyl (C=O) groups is 1. The minimum atomic E-state index is -4.57. The van der Waals surface area contributed by atoms with E-state index in [1.165, 1.54) is 12.1 Å². The van der Waals surface area contributed by atoms with Crippen molar-refractivity contribution in [3.63, 3.8) is 0 Å². The third-order valence-electron chi connectivity index (χ3n) is 6.49. The molecule has 0 spiro atoms. The lowest BCUT2D eigenvalue weighted by Crippen LogP contribution is -2.10. The fraction of sp³-hybridized carbons (Fsp3) is 0.207. The lowest BCUT2D eigenvalue weighted by molar-refractivity contribution is -0.141. The topological polar surface area (TPSA) is 77.3 Å². The Morgan fingerprint density at radius 3 is 2.48 bits per heavy atom. The van der Waals surface area contributed by atoms with Crippen molar-refractivity contribution in [3.8, 4) is 11.3 Å². The number of hydrogen-bond acceptors (Lipinski definition) is 6. The van der Waals surface area contributed by atoms with Crippen molar-refractivity contribution in [2.45, 2.75) is 38.0 Å². The van der Waals surface area contributed by atoms with Gasteiger partial charge in [-0.3, -0.25) is 19.7 Å². The van der Waals surface area contributed by atoms with E-state index in [2.05, 4.69) is 20.1 Å². The largest absolute Gasteiger partial charge is 0.433 e. The molecular formula is C29H21F5N4O2. The van der Waals surface area contributed by atoms with Gasteiger partial charge in [0.15, 0.2) is 17.7 Å². The van der Waals surface area contributed by atoms with Gasteiger partial charge >= 0.3 is 6.18 Å². The second-order valence-corrected chi connectivity index (χ2v) is 9.38. The maximum atomic E-state index is 14.7. The van der Waals surface area contributed by atoms with Crippen molar-refractivity contribution in [3.05, 3.63) is 113 Å². The zero-order valence-electron chi connectivity index (χ0n) is 21.0. The molecule has 4 aromatic rings. The number of rotatable bonds is 7. The Bertz CT molecular complexity index is 1570. The van der Waals surface area contributed by atoms with Gasteiger partial charge in [0.25, 0.3) is 0 Å². The average molecular weight is 553 g/mol. The molecule has 3 aromatic heterocycles. The van der Waals surface area contributed by atoms with E-state index in [1.54, 1.807) is 37.4 Å². The minimum absolute atomic E-state index is 0.0607. The first-order chi connectivity index (χ1) is 19.1. The second kappa shape index (κ2) is 10.9. The van der Waals surface area contributed by atoms with Crippen molar-refractivity contribution in [1.29, 1.82) is 0 Å². The van der Waals surface area contributed by atoms with E-state index >= 15 is 0 Å². The SMILES string of the molecule is C[C@@H](CC(=O)c1cc(C2=NOC(c3ccccn3)C2)cc(-c2ncc(F)cc2F)c1)c1ccc(C(F)(F)F)nc1. The molecule has 11 heteroatoms. The zero-order valence-corrected chi connectivity index (χ0v) is 21.0. The standard InChI is InChI=1S/C29H21F5N4O2/c1-16(17-5-6-27(36-14-17)29(32,33)34)8-25(39)19-9-18(10-20(11-19)28-22(31)12-21(30)15-37-28)24-13-26(40-38-24)23-4-2-3-7-35-23/h2-7,9-12,14-16,26H,8,13H2,1H3/t16-,26?/m0/s1. The molecule has 1 unspecified atom stereocenters. The fourth-order valence-electron chi connectivity index (χ4n) is 4.37. The van der Waals surface area contributed by atoms with Gasteiger partial charge in [-0.25, -0.2) is 8.78 Å². The first kappa shape index (κ1) is 27.0. The molecule has 1 aliphatic heterocycles. The molecule has 0 aliphatic carbocycles. The molecule has 6 nitrogen and oxygen atoms in total. The van der Waals surface area contributed by atoms with Gasteiger partial charge in [-0.05, 0) is 47.9 Å². The molecule has 1 aromatic carbocycles. The van der Waals surface area contributed by atoms with E-state index in [-0.39, 0.29) is 29.0 Å². The van der Waals surface area contributed by atoms with Crippen molar-refractivity contribution < 1.29 is 31.6 Å². The number of hydrogen-bond donors (Lipinski definition) is 0. The molecule has 0 bridgehead atoms. The summed E-state index contributed by atoms with van der Waals surface area (Å²) in [5, 5.41) is 4.16. The number of ketones is 1. The summed E-state index contributed by atoms with van der Waals surface area (Å²) in [5.74, 6) is -2.57. The highest BCUT2D eigenvalue weighted by molar-refractivity contribution is 6.05. The number of carbonyl (C=O) groups excluding carboxylic acids is 1. The van der Waals surface area contributed by atoms with E-state index in [4.69, 9.17) is 4.84 Å². The quantitative estimate of drug-likeness (QED) is 0.181. The highest BCUT2D eigenvalue weighted by Crippen LogP contribution is 2.33. The van der Waals surface area contributed by atoms with Gasteiger partial charge in [0.2, 0.25) is 0 Å². The highest BCUT2D eigenvalue weighted by atomic mass is 19.4. The van der Waals surface area contributed by atoms with E-state index in [9.17, 15) is 26.7 Å². The van der Waals surface area contributed by atoms with Crippen molar-refractivity contribution in [2.24, 2.45) is 5.16 Å². The smallest absolute Gasteiger partial charge is 0.385 e. The molecule has 0 saturated carbocycles. The molecule has 0 saturated heterocycles. The van der Waals surface area contributed by atoms with Gasteiger partial charge in [-0.2, -0.15) is 13.2 Å². The van der Waals surface area contributed by atoms with Crippen LogP contribution in [-0.2, 0) is 11.0 Å². The Labute approximate surface area is 225 Å².